The summed E-state index contributed by atoms with van der Waals surface area (Å²) in [7, 11) is 0. The van der Waals surface area contributed by atoms with E-state index in [-0.39, 0.29) is 18.7 Å². The van der Waals surface area contributed by atoms with Gasteiger partial charge in [0.05, 0.1) is 0 Å². The normalized spacial score (nSPS) is 14.4. The molecule has 0 atom stereocenters. The Morgan fingerprint density at radius 2 is 1.15 bits per heavy atom. The van der Waals surface area contributed by atoms with Crippen molar-refractivity contribution in [2.45, 2.75) is 94.9 Å². The number of carbonyl (C=O) groups excluding carboxylic acids is 1. The number of ether oxygens (including phenoxy) is 1. The van der Waals surface area contributed by atoms with Crippen LogP contribution in [0.1, 0.15) is 51.7 Å². The van der Waals surface area contributed by atoms with Gasteiger partial charge in [0, 0.05) is 19.5 Å². The summed E-state index contributed by atoms with van der Waals surface area (Å²) in [6, 6.07) is 4.64. The highest BCUT2D eigenvalue weighted by Crippen LogP contribution is 2.60. The summed E-state index contributed by atoms with van der Waals surface area (Å²) >= 11 is 0. The van der Waals surface area contributed by atoms with Crippen molar-refractivity contribution in [3.8, 4) is 0 Å². The van der Waals surface area contributed by atoms with Gasteiger partial charge in [0.1, 0.15) is 5.60 Å². The molecule has 3 nitrogen and oxygen atoms in total. The van der Waals surface area contributed by atoms with Crippen molar-refractivity contribution in [3.63, 3.8) is 0 Å². The molecule has 0 aliphatic rings. The Labute approximate surface area is 215 Å². The van der Waals surface area contributed by atoms with Crippen LogP contribution in [0, 0.1) is 0 Å². The second-order valence-corrected chi connectivity index (χ2v) is 9.72. The van der Waals surface area contributed by atoms with Gasteiger partial charge in [0.25, 0.3) is 0 Å². The summed E-state index contributed by atoms with van der Waals surface area (Å²) in [4.78, 5) is 13.6. The van der Waals surface area contributed by atoms with Gasteiger partial charge in [-0.05, 0) is 44.7 Å². The van der Waals surface area contributed by atoms with Gasteiger partial charge in [-0.25, -0.2) is 4.79 Å². The summed E-state index contributed by atoms with van der Waals surface area (Å²) in [5.41, 5.74) is -0.635. The molecule has 1 aromatic rings. The van der Waals surface area contributed by atoms with Crippen molar-refractivity contribution in [3.05, 3.63) is 35.4 Å². The van der Waals surface area contributed by atoms with Crippen LogP contribution in [0.3, 0.4) is 0 Å². The number of amides is 1. The van der Waals surface area contributed by atoms with E-state index in [0.717, 1.165) is 12.1 Å². The van der Waals surface area contributed by atoms with Gasteiger partial charge in [-0.3, -0.25) is 0 Å². The Kier molecular flexibility index (Phi) is 9.96. The molecule has 1 aromatic carbocycles. The fourth-order valence-electron chi connectivity index (χ4n) is 3.12. The molecule has 16 heteroatoms. The van der Waals surface area contributed by atoms with Gasteiger partial charge in [-0.1, -0.05) is 31.2 Å². The van der Waals surface area contributed by atoms with Crippen LogP contribution >= 0.6 is 0 Å². The van der Waals surface area contributed by atoms with E-state index in [1.54, 1.807) is 27.7 Å². The number of hydrogen-bond acceptors (Lipinski definition) is 2. The van der Waals surface area contributed by atoms with E-state index in [2.05, 4.69) is 0 Å². The molecule has 0 aromatic heterocycles. The molecule has 0 saturated carbocycles. The summed E-state index contributed by atoms with van der Waals surface area (Å²) in [5, 5.41) is 0. The summed E-state index contributed by atoms with van der Waals surface area (Å²) in [6.07, 6.45) is -11.1. The van der Waals surface area contributed by atoms with Crippen LogP contribution < -0.4 is 0 Å². The Bertz CT molecular complexity index is 968. The van der Waals surface area contributed by atoms with Crippen molar-refractivity contribution in [1.82, 2.24) is 4.90 Å². The van der Waals surface area contributed by atoms with Gasteiger partial charge in [-0.2, -0.15) is 57.1 Å². The number of rotatable bonds is 11. The zero-order valence-corrected chi connectivity index (χ0v) is 21.0. The Balaban J connectivity index is 3.07. The number of benzene rings is 1. The molecule has 1 amide bonds. The minimum atomic E-state index is -7.91. The third-order valence-corrected chi connectivity index (χ3v) is 5.27. The molecular weight excluding hydrogens is 569 g/mol. The average molecular weight is 595 g/mol. The first kappa shape index (κ1) is 34.6. The van der Waals surface area contributed by atoms with Gasteiger partial charge >= 0.3 is 41.9 Å². The van der Waals surface area contributed by atoms with Gasteiger partial charge in [0.2, 0.25) is 0 Å². The first-order valence-corrected chi connectivity index (χ1v) is 11.3. The SMILES string of the molecule is CCCN(Cc1ccc(CCC(F)(F)C(F)(F)C(F)(F)C(F)(F)C(F)(F)C(F)(F)F)cc1)C(=O)OC(C)(C)C. The number of carbonyl (C=O) groups is 1. The number of halogens is 13. The van der Waals surface area contributed by atoms with Crippen molar-refractivity contribution < 1.29 is 66.6 Å². The lowest BCUT2D eigenvalue weighted by atomic mass is 9.91. The van der Waals surface area contributed by atoms with Crippen LogP contribution in [0.25, 0.3) is 0 Å². The highest BCUT2D eigenvalue weighted by atomic mass is 19.4. The zero-order valence-electron chi connectivity index (χ0n) is 21.0. The van der Waals surface area contributed by atoms with Gasteiger partial charge in [-0.15, -0.1) is 0 Å². The van der Waals surface area contributed by atoms with E-state index in [1.165, 1.54) is 17.0 Å². The maximum atomic E-state index is 14.0. The Hall–Kier alpha value is -2.42. The first-order valence-electron chi connectivity index (χ1n) is 11.3. The minimum absolute atomic E-state index is 0.0357. The molecule has 0 heterocycles. The van der Waals surface area contributed by atoms with Crippen LogP contribution in [-0.2, 0) is 17.7 Å². The summed E-state index contributed by atoms with van der Waals surface area (Å²) in [5.74, 6) is -36.9. The summed E-state index contributed by atoms with van der Waals surface area (Å²) in [6.45, 7) is 6.86. The molecule has 0 aliphatic heterocycles. The van der Waals surface area contributed by atoms with Crippen molar-refractivity contribution in [2.75, 3.05) is 6.54 Å². The quantitative estimate of drug-likeness (QED) is 0.240. The van der Waals surface area contributed by atoms with Crippen LogP contribution in [0.2, 0.25) is 0 Å². The smallest absolute Gasteiger partial charge is 0.444 e. The molecule has 0 bridgehead atoms. The van der Waals surface area contributed by atoms with Crippen molar-refractivity contribution >= 4 is 6.09 Å². The standard InChI is InChI=1S/C23H26F13NO2/c1-5-12-37(16(38)39-17(2,3)4)13-15-8-6-14(7-9-15)10-11-18(24,25)19(26,27)20(28,29)21(30,31)22(32,33)23(34,35)36/h6-9H,5,10-13H2,1-4H3. The van der Waals surface area contributed by atoms with Gasteiger partial charge in [0.15, 0.2) is 0 Å². The van der Waals surface area contributed by atoms with E-state index in [0.29, 0.717) is 12.0 Å². The highest BCUT2D eigenvalue weighted by molar-refractivity contribution is 5.68. The number of aryl methyl sites for hydroxylation is 1. The molecule has 226 valence electrons. The zero-order chi connectivity index (χ0) is 30.9. The lowest BCUT2D eigenvalue weighted by Gasteiger charge is -2.39. The number of hydrogen-bond donors (Lipinski definition) is 0. The predicted octanol–water partition coefficient (Wildman–Crippen LogP) is 8.51. The lowest BCUT2D eigenvalue weighted by Crippen LogP contribution is -2.70. The Morgan fingerprint density at radius 1 is 0.718 bits per heavy atom. The minimum Gasteiger partial charge on any atom is -0.444 e. The van der Waals surface area contributed by atoms with E-state index in [1.807, 2.05) is 0 Å². The van der Waals surface area contributed by atoms with E-state index < -0.39 is 60.3 Å². The average Bonchev–Trinajstić information content (AvgIpc) is 2.75. The topological polar surface area (TPSA) is 29.5 Å². The van der Waals surface area contributed by atoms with E-state index >= 15 is 0 Å². The fourth-order valence-corrected chi connectivity index (χ4v) is 3.12. The molecule has 1 rings (SSSR count). The Morgan fingerprint density at radius 3 is 1.56 bits per heavy atom. The number of alkyl halides is 13. The predicted molar refractivity (Wildman–Crippen MR) is 112 cm³/mol. The molecule has 0 unspecified atom stereocenters. The third-order valence-electron chi connectivity index (χ3n) is 5.27. The molecule has 0 radical (unpaired) electrons. The van der Waals surface area contributed by atoms with E-state index in [9.17, 15) is 61.9 Å². The van der Waals surface area contributed by atoms with Crippen LogP contribution in [0.4, 0.5) is 61.9 Å². The third kappa shape index (κ3) is 7.21. The number of nitrogens with zero attached hydrogens (tertiary/aromatic N) is 1. The van der Waals surface area contributed by atoms with Crippen LogP contribution in [-0.4, -0.2) is 58.9 Å². The molecule has 0 fully saturated rings. The van der Waals surface area contributed by atoms with Crippen LogP contribution in [0.5, 0.6) is 0 Å². The molecule has 0 N–H and O–H groups in total. The molecule has 0 saturated heterocycles. The second-order valence-electron chi connectivity index (χ2n) is 9.72. The second kappa shape index (κ2) is 11.2. The highest BCUT2D eigenvalue weighted by Gasteiger charge is 2.90. The van der Waals surface area contributed by atoms with Gasteiger partial charge < -0.3 is 9.64 Å². The fraction of sp³-hybridized carbons (Fsp3) is 0.696. The maximum absolute atomic E-state index is 14.0. The maximum Gasteiger partial charge on any atom is 0.460 e. The summed E-state index contributed by atoms with van der Waals surface area (Å²) < 4.78 is 177. The van der Waals surface area contributed by atoms with E-state index in [4.69, 9.17) is 4.74 Å². The van der Waals surface area contributed by atoms with Crippen molar-refractivity contribution in [1.29, 1.82) is 0 Å². The van der Waals surface area contributed by atoms with Crippen molar-refractivity contribution in [2.24, 2.45) is 0 Å². The molecule has 0 spiro atoms. The lowest BCUT2D eigenvalue weighted by molar-refractivity contribution is -0.440. The largest absolute Gasteiger partial charge is 0.460 e. The first-order chi connectivity index (χ1) is 17.2. The van der Waals surface area contributed by atoms with Crippen LogP contribution in [0.15, 0.2) is 24.3 Å². The monoisotopic (exact) mass is 595 g/mol. The molecule has 39 heavy (non-hydrogen) atoms. The molecular formula is C23H26F13NO2. The molecule has 0 aliphatic carbocycles.